The van der Waals surface area contributed by atoms with E-state index in [9.17, 15) is 0 Å². The molecule has 1 aromatic heterocycles. The number of nitrogens with zero attached hydrogens (tertiary/aromatic N) is 5. The Labute approximate surface area is 213 Å². The Morgan fingerprint density at radius 2 is 1.88 bits per heavy atom. The van der Waals surface area contributed by atoms with E-state index in [2.05, 4.69) is 63.7 Å². The number of rotatable bonds is 6. The van der Waals surface area contributed by atoms with Gasteiger partial charge in [0, 0.05) is 26.1 Å². The molecule has 8 heteroatoms. The average molecular weight is 560 g/mol. The molecule has 1 aliphatic heterocycles. The molecule has 0 aliphatic carbocycles. The molecule has 0 saturated carbocycles. The molecule has 2 heterocycles. The van der Waals surface area contributed by atoms with Crippen LogP contribution in [0.15, 0.2) is 59.6 Å². The van der Waals surface area contributed by atoms with Gasteiger partial charge in [-0.05, 0) is 43.5 Å². The van der Waals surface area contributed by atoms with E-state index in [1.54, 1.807) is 7.11 Å². The molecule has 176 valence electrons. The van der Waals surface area contributed by atoms with Crippen LogP contribution in [0, 0.1) is 6.92 Å². The number of nitrogens with one attached hydrogen (secondary N) is 1. The lowest BCUT2D eigenvalue weighted by Crippen LogP contribution is -2.41. The summed E-state index contributed by atoms with van der Waals surface area (Å²) in [5.74, 6) is 4.03. The van der Waals surface area contributed by atoms with E-state index in [-0.39, 0.29) is 30.0 Å². The fraction of sp³-hybridized carbons (Fsp3) is 0.400. The van der Waals surface area contributed by atoms with Gasteiger partial charge in [-0.25, -0.2) is 4.99 Å². The number of ether oxygens (including phenoxy) is 1. The third-order valence-corrected chi connectivity index (χ3v) is 6.27. The molecular weight excluding hydrogens is 527 g/mol. The number of halogens is 1. The highest BCUT2D eigenvalue weighted by Crippen LogP contribution is 2.29. The van der Waals surface area contributed by atoms with E-state index in [4.69, 9.17) is 9.73 Å². The summed E-state index contributed by atoms with van der Waals surface area (Å²) in [5, 5.41) is 12.1. The first kappa shape index (κ1) is 25.0. The van der Waals surface area contributed by atoms with Crippen LogP contribution >= 0.6 is 24.0 Å². The first-order valence-corrected chi connectivity index (χ1v) is 11.1. The lowest BCUT2D eigenvalue weighted by atomic mass is 9.98. The van der Waals surface area contributed by atoms with E-state index >= 15 is 0 Å². The van der Waals surface area contributed by atoms with Gasteiger partial charge in [-0.3, -0.25) is 0 Å². The second kappa shape index (κ2) is 11.5. The lowest BCUT2D eigenvalue weighted by Gasteiger charge is -2.26. The Morgan fingerprint density at radius 3 is 2.52 bits per heavy atom. The Hall–Kier alpha value is -2.62. The third-order valence-electron chi connectivity index (χ3n) is 6.27. The summed E-state index contributed by atoms with van der Waals surface area (Å²) in [4.78, 5) is 7.32. The second-order valence-corrected chi connectivity index (χ2v) is 8.34. The van der Waals surface area contributed by atoms with Crippen molar-refractivity contribution >= 4 is 29.9 Å². The summed E-state index contributed by atoms with van der Waals surface area (Å²) in [5.41, 5.74) is 2.58. The summed E-state index contributed by atoms with van der Waals surface area (Å²) in [6.07, 6.45) is 1.09. The predicted octanol–water partition coefficient (Wildman–Crippen LogP) is 4.45. The highest BCUT2D eigenvalue weighted by molar-refractivity contribution is 14.0. The molecule has 4 rings (SSSR count). The van der Waals surface area contributed by atoms with Crippen molar-refractivity contribution in [1.82, 2.24) is 25.0 Å². The van der Waals surface area contributed by atoms with Crippen LogP contribution in [-0.2, 0) is 13.6 Å². The third kappa shape index (κ3) is 6.04. The van der Waals surface area contributed by atoms with Crippen LogP contribution in [0.25, 0.3) is 0 Å². The summed E-state index contributed by atoms with van der Waals surface area (Å²) in [6, 6.07) is 19.1. The SMILES string of the molecule is COc1ccc(C2CCN(C(=NCc3nnc(C)n3C)NC(C)c3ccccc3)C2)cc1.I. The van der Waals surface area contributed by atoms with Gasteiger partial charge in [0.25, 0.3) is 0 Å². The summed E-state index contributed by atoms with van der Waals surface area (Å²) in [7, 11) is 3.68. The van der Waals surface area contributed by atoms with Crippen molar-refractivity contribution in [2.75, 3.05) is 20.2 Å². The maximum atomic E-state index is 5.31. The topological polar surface area (TPSA) is 67.6 Å². The van der Waals surface area contributed by atoms with E-state index in [0.717, 1.165) is 42.9 Å². The molecule has 33 heavy (non-hydrogen) atoms. The minimum atomic E-state index is 0. The van der Waals surface area contributed by atoms with Crippen LogP contribution in [0.5, 0.6) is 5.75 Å². The van der Waals surface area contributed by atoms with Gasteiger partial charge in [-0.15, -0.1) is 34.2 Å². The number of benzene rings is 2. The van der Waals surface area contributed by atoms with Crippen LogP contribution in [0.1, 0.15) is 48.1 Å². The molecule has 7 nitrogen and oxygen atoms in total. The Kier molecular flexibility index (Phi) is 8.71. The van der Waals surface area contributed by atoms with Crippen LogP contribution in [0.2, 0.25) is 0 Å². The lowest BCUT2D eigenvalue weighted by molar-refractivity contribution is 0.414. The number of aliphatic imine (C=N–C) groups is 1. The van der Waals surface area contributed by atoms with Gasteiger partial charge in [0.05, 0.1) is 13.2 Å². The van der Waals surface area contributed by atoms with Crippen molar-refractivity contribution in [2.45, 2.75) is 38.8 Å². The smallest absolute Gasteiger partial charge is 0.194 e. The molecule has 2 atom stereocenters. The fourth-order valence-corrected chi connectivity index (χ4v) is 4.09. The largest absolute Gasteiger partial charge is 0.497 e. The van der Waals surface area contributed by atoms with Gasteiger partial charge >= 0.3 is 0 Å². The van der Waals surface area contributed by atoms with Crippen molar-refractivity contribution < 1.29 is 4.74 Å². The minimum Gasteiger partial charge on any atom is -0.497 e. The van der Waals surface area contributed by atoms with Crippen molar-refractivity contribution in [1.29, 1.82) is 0 Å². The van der Waals surface area contributed by atoms with Gasteiger partial charge in [-0.2, -0.15) is 0 Å². The van der Waals surface area contributed by atoms with Crippen LogP contribution in [0.4, 0.5) is 0 Å². The maximum absolute atomic E-state index is 5.31. The van der Waals surface area contributed by atoms with Gasteiger partial charge < -0.3 is 19.5 Å². The van der Waals surface area contributed by atoms with Gasteiger partial charge in [0.15, 0.2) is 11.8 Å². The highest BCUT2D eigenvalue weighted by Gasteiger charge is 2.27. The van der Waals surface area contributed by atoms with Crippen LogP contribution < -0.4 is 10.1 Å². The fourth-order valence-electron chi connectivity index (χ4n) is 4.09. The van der Waals surface area contributed by atoms with Gasteiger partial charge in [-0.1, -0.05) is 42.5 Å². The molecule has 0 bridgehead atoms. The molecule has 1 N–H and O–H groups in total. The molecule has 3 aromatic rings. The first-order chi connectivity index (χ1) is 15.5. The zero-order valence-electron chi connectivity index (χ0n) is 19.7. The maximum Gasteiger partial charge on any atom is 0.194 e. The molecule has 0 radical (unpaired) electrons. The quantitative estimate of drug-likeness (QED) is 0.274. The number of methoxy groups -OCH3 is 1. The van der Waals surface area contributed by atoms with Gasteiger partial charge in [0.1, 0.15) is 18.1 Å². The van der Waals surface area contributed by atoms with Gasteiger partial charge in [0.2, 0.25) is 0 Å². The van der Waals surface area contributed by atoms with Crippen LogP contribution in [0.3, 0.4) is 0 Å². The standard InChI is InChI=1S/C25H32N6O.HI/c1-18(20-8-6-5-7-9-20)27-25(26-16-24-29-28-19(2)30(24)3)31-15-14-22(17-31)21-10-12-23(32-4)13-11-21;/h5-13,18,22H,14-17H2,1-4H3,(H,26,27);1H. The van der Waals surface area contributed by atoms with Crippen molar-refractivity contribution in [3.05, 3.63) is 77.4 Å². The number of guanidine groups is 1. The zero-order chi connectivity index (χ0) is 22.5. The number of hydrogen-bond donors (Lipinski definition) is 1. The number of aromatic nitrogens is 3. The van der Waals surface area contributed by atoms with E-state index in [1.807, 2.05) is 36.7 Å². The Bertz CT molecular complexity index is 1050. The summed E-state index contributed by atoms with van der Waals surface area (Å²) >= 11 is 0. The van der Waals surface area contributed by atoms with E-state index < -0.39 is 0 Å². The van der Waals surface area contributed by atoms with Crippen molar-refractivity contribution in [3.63, 3.8) is 0 Å². The predicted molar refractivity (Wildman–Crippen MR) is 142 cm³/mol. The molecular formula is C25H33IN6O. The van der Waals surface area contributed by atoms with Crippen molar-refractivity contribution in [2.24, 2.45) is 12.0 Å². The number of hydrogen-bond acceptors (Lipinski definition) is 4. The molecule has 1 saturated heterocycles. The Morgan fingerprint density at radius 1 is 1.15 bits per heavy atom. The normalized spacial score (nSPS) is 16.9. The Balaban J connectivity index is 0.00000306. The van der Waals surface area contributed by atoms with E-state index in [1.165, 1.54) is 11.1 Å². The summed E-state index contributed by atoms with van der Waals surface area (Å²) in [6.45, 7) is 6.51. The van der Waals surface area contributed by atoms with Crippen molar-refractivity contribution in [3.8, 4) is 5.75 Å². The monoisotopic (exact) mass is 560 g/mol. The second-order valence-electron chi connectivity index (χ2n) is 8.34. The molecule has 2 unspecified atom stereocenters. The molecule has 1 aliphatic rings. The molecule has 2 aromatic carbocycles. The van der Waals surface area contributed by atoms with E-state index in [0.29, 0.717) is 12.5 Å². The minimum absolute atomic E-state index is 0. The number of aryl methyl sites for hydroxylation is 1. The van der Waals surface area contributed by atoms with Crippen LogP contribution in [-0.4, -0.2) is 45.8 Å². The number of likely N-dealkylation sites (tertiary alicyclic amines) is 1. The molecule has 0 spiro atoms. The zero-order valence-corrected chi connectivity index (χ0v) is 22.1. The first-order valence-electron chi connectivity index (χ1n) is 11.1. The average Bonchev–Trinajstić information content (AvgIpc) is 3.45. The highest BCUT2D eigenvalue weighted by atomic mass is 127. The molecule has 0 amide bonds. The summed E-state index contributed by atoms with van der Waals surface area (Å²) < 4.78 is 7.30. The molecule has 1 fully saturated rings.